The number of hydrogen-bond acceptors (Lipinski definition) is 2. The number of nitrogens with one attached hydrogen (secondary N) is 1. The van der Waals surface area contributed by atoms with Crippen molar-refractivity contribution in [2.24, 2.45) is 0 Å². The van der Waals surface area contributed by atoms with Gasteiger partial charge in [-0.1, -0.05) is 49.9 Å². The number of rotatable bonds is 6. The van der Waals surface area contributed by atoms with E-state index in [9.17, 15) is 0 Å². The van der Waals surface area contributed by atoms with Crippen molar-refractivity contribution < 1.29 is 0 Å². The van der Waals surface area contributed by atoms with Crippen molar-refractivity contribution in [2.75, 3.05) is 26.2 Å². The van der Waals surface area contributed by atoms with Crippen molar-refractivity contribution >= 4 is 36.4 Å². The van der Waals surface area contributed by atoms with Gasteiger partial charge in [0.2, 0.25) is 0 Å². The average molecular weight is 354 g/mol. The second-order valence-electron chi connectivity index (χ2n) is 5.35. The van der Waals surface area contributed by atoms with E-state index in [1.807, 2.05) is 12.1 Å². The quantitative estimate of drug-likeness (QED) is 0.745. The van der Waals surface area contributed by atoms with Gasteiger partial charge in [-0.3, -0.25) is 4.90 Å². The molecule has 1 atom stereocenters. The number of benzene rings is 1. The van der Waals surface area contributed by atoms with Gasteiger partial charge in [0.1, 0.15) is 0 Å². The van der Waals surface area contributed by atoms with Crippen LogP contribution in [0.25, 0.3) is 0 Å². The summed E-state index contributed by atoms with van der Waals surface area (Å²) in [7, 11) is 0. The van der Waals surface area contributed by atoms with Crippen LogP contribution in [0.3, 0.4) is 0 Å². The van der Waals surface area contributed by atoms with E-state index in [0.717, 1.165) is 31.2 Å². The molecule has 21 heavy (non-hydrogen) atoms. The first-order chi connectivity index (χ1) is 9.31. The standard InChI is InChI=1S/C16H25ClN2.2ClH/c1-2-3-4-5-16(19-12-10-18-11-13-19)14-6-8-15(17)9-7-14;;/h6-9,16,18H,2-5,10-13H2,1H3;2*1H/t16-;;/m0../s1. The largest absolute Gasteiger partial charge is 0.314 e. The summed E-state index contributed by atoms with van der Waals surface area (Å²) in [6.45, 7) is 6.79. The van der Waals surface area contributed by atoms with Gasteiger partial charge >= 0.3 is 0 Å². The molecule has 1 N–H and O–H groups in total. The highest BCUT2D eigenvalue weighted by molar-refractivity contribution is 6.30. The number of unbranched alkanes of at least 4 members (excludes halogenated alkanes) is 2. The van der Waals surface area contributed by atoms with Crippen LogP contribution in [-0.2, 0) is 0 Å². The average Bonchev–Trinajstić information content (AvgIpc) is 2.46. The molecule has 1 saturated heterocycles. The van der Waals surface area contributed by atoms with Crippen molar-refractivity contribution in [2.45, 2.75) is 38.6 Å². The topological polar surface area (TPSA) is 15.3 Å². The van der Waals surface area contributed by atoms with Crippen LogP contribution in [0.1, 0.15) is 44.2 Å². The van der Waals surface area contributed by atoms with E-state index in [0.29, 0.717) is 6.04 Å². The summed E-state index contributed by atoms with van der Waals surface area (Å²) in [5.41, 5.74) is 1.42. The van der Waals surface area contributed by atoms with Crippen molar-refractivity contribution in [3.63, 3.8) is 0 Å². The fourth-order valence-corrected chi connectivity index (χ4v) is 2.95. The molecule has 1 aromatic carbocycles. The van der Waals surface area contributed by atoms with Gasteiger partial charge in [0.05, 0.1) is 0 Å². The van der Waals surface area contributed by atoms with Crippen LogP contribution in [0.15, 0.2) is 24.3 Å². The van der Waals surface area contributed by atoms with Gasteiger partial charge < -0.3 is 5.32 Å². The van der Waals surface area contributed by atoms with E-state index < -0.39 is 0 Å². The van der Waals surface area contributed by atoms with Crippen molar-refractivity contribution in [1.82, 2.24) is 10.2 Å². The maximum atomic E-state index is 6.01. The highest BCUT2D eigenvalue weighted by atomic mass is 35.5. The number of nitrogens with zero attached hydrogens (tertiary/aromatic N) is 1. The first-order valence-electron chi connectivity index (χ1n) is 7.51. The minimum Gasteiger partial charge on any atom is -0.314 e. The van der Waals surface area contributed by atoms with E-state index in [2.05, 4.69) is 29.3 Å². The molecule has 0 unspecified atom stereocenters. The Morgan fingerprint density at radius 1 is 1.10 bits per heavy atom. The van der Waals surface area contributed by atoms with E-state index in [4.69, 9.17) is 11.6 Å². The lowest BCUT2D eigenvalue weighted by molar-refractivity contribution is 0.163. The molecule has 0 amide bonds. The van der Waals surface area contributed by atoms with Gasteiger partial charge in [-0.05, 0) is 24.1 Å². The van der Waals surface area contributed by atoms with Crippen molar-refractivity contribution in [3.05, 3.63) is 34.9 Å². The molecular formula is C16H27Cl3N2. The summed E-state index contributed by atoms with van der Waals surface area (Å²) in [4.78, 5) is 2.62. The lowest BCUT2D eigenvalue weighted by Crippen LogP contribution is -2.45. The molecule has 0 radical (unpaired) electrons. The van der Waals surface area contributed by atoms with E-state index in [-0.39, 0.29) is 24.8 Å². The Balaban J connectivity index is 0.00000200. The summed E-state index contributed by atoms with van der Waals surface area (Å²) < 4.78 is 0. The monoisotopic (exact) mass is 352 g/mol. The van der Waals surface area contributed by atoms with Crippen LogP contribution in [-0.4, -0.2) is 31.1 Å². The maximum absolute atomic E-state index is 6.01. The van der Waals surface area contributed by atoms with Crippen LogP contribution in [0.5, 0.6) is 0 Å². The molecule has 5 heteroatoms. The number of hydrogen-bond donors (Lipinski definition) is 1. The molecular weight excluding hydrogens is 327 g/mol. The maximum Gasteiger partial charge on any atom is 0.0406 e. The molecule has 1 aromatic rings. The third kappa shape index (κ3) is 6.75. The molecule has 0 bridgehead atoms. The van der Waals surface area contributed by atoms with Gasteiger partial charge in [0.15, 0.2) is 0 Å². The van der Waals surface area contributed by atoms with E-state index in [1.165, 1.54) is 31.2 Å². The summed E-state index contributed by atoms with van der Waals surface area (Å²) >= 11 is 6.01. The molecule has 0 aliphatic carbocycles. The smallest absolute Gasteiger partial charge is 0.0406 e. The van der Waals surface area contributed by atoms with Gasteiger partial charge in [-0.2, -0.15) is 0 Å². The van der Waals surface area contributed by atoms with E-state index >= 15 is 0 Å². The molecule has 2 rings (SSSR count). The number of piperazine rings is 1. The normalized spacial score (nSPS) is 16.7. The Kier molecular flexibility index (Phi) is 11.6. The zero-order chi connectivity index (χ0) is 13.5. The summed E-state index contributed by atoms with van der Waals surface area (Å²) in [6, 6.07) is 8.99. The Bertz CT molecular complexity index is 364. The minimum absolute atomic E-state index is 0. The van der Waals surface area contributed by atoms with Gasteiger partial charge in [0.25, 0.3) is 0 Å². The van der Waals surface area contributed by atoms with Crippen molar-refractivity contribution in [1.29, 1.82) is 0 Å². The Morgan fingerprint density at radius 2 is 1.71 bits per heavy atom. The van der Waals surface area contributed by atoms with Gasteiger partial charge in [-0.15, -0.1) is 24.8 Å². The van der Waals surface area contributed by atoms with Crippen LogP contribution < -0.4 is 5.32 Å². The lowest BCUT2D eigenvalue weighted by Gasteiger charge is -2.35. The summed E-state index contributed by atoms with van der Waals surface area (Å²) in [6.07, 6.45) is 5.19. The SMILES string of the molecule is CCCCC[C@@H](c1ccc(Cl)cc1)N1CCNCC1.Cl.Cl. The highest BCUT2D eigenvalue weighted by Gasteiger charge is 2.21. The Labute approximate surface area is 146 Å². The molecule has 0 saturated carbocycles. The second-order valence-corrected chi connectivity index (χ2v) is 5.79. The van der Waals surface area contributed by atoms with Gasteiger partial charge in [-0.25, -0.2) is 0 Å². The summed E-state index contributed by atoms with van der Waals surface area (Å²) in [5, 5.41) is 4.26. The molecule has 1 heterocycles. The lowest BCUT2D eigenvalue weighted by atomic mass is 9.98. The molecule has 1 fully saturated rings. The molecule has 0 spiro atoms. The third-order valence-corrected chi connectivity index (χ3v) is 4.18. The van der Waals surface area contributed by atoms with E-state index in [1.54, 1.807) is 0 Å². The van der Waals surface area contributed by atoms with Crippen LogP contribution in [0.4, 0.5) is 0 Å². The predicted molar refractivity (Wildman–Crippen MR) is 97.3 cm³/mol. The third-order valence-electron chi connectivity index (χ3n) is 3.93. The molecule has 1 aliphatic heterocycles. The minimum atomic E-state index is 0. The highest BCUT2D eigenvalue weighted by Crippen LogP contribution is 2.28. The molecule has 0 aromatic heterocycles. The Hall–Kier alpha value is 0.01000. The molecule has 2 nitrogen and oxygen atoms in total. The summed E-state index contributed by atoms with van der Waals surface area (Å²) in [5.74, 6) is 0. The zero-order valence-electron chi connectivity index (χ0n) is 12.7. The fraction of sp³-hybridized carbons (Fsp3) is 0.625. The van der Waals surface area contributed by atoms with Crippen LogP contribution in [0.2, 0.25) is 5.02 Å². The van der Waals surface area contributed by atoms with Gasteiger partial charge in [0, 0.05) is 37.2 Å². The molecule has 1 aliphatic rings. The predicted octanol–water partition coefficient (Wildman–Crippen LogP) is 4.71. The first-order valence-corrected chi connectivity index (χ1v) is 7.89. The second kappa shape index (κ2) is 11.6. The van der Waals surface area contributed by atoms with Crippen LogP contribution in [0, 0.1) is 0 Å². The fourth-order valence-electron chi connectivity index (χ4n) is 2.83. The molecule has 122 valence electrons. The number of halogens is 3. The van der Waals surface area contributed by atoms with Crippen LogP contribution >= 0.6 is 36.4 Å². The first kappa shape index (κ1) is 21.0. The Morgan fingerprint density at radius 3 is 2.29 bits per heavy atom. The van der Waals surface area contributed by atoms with Crippen molar-refractivity contribution in [3.8, 4) is 0 Å². The zero-order valence-corrected chi connectivity index (χ0v) is 15.1.